The van der Waals surface area contributed by atoms with Crippen LogP contribution in [0.4, 0.5) is 4.39 Å². The first kappa shape index (κ1) is 16.7. The number of carbonyl (C=O) groups excluding carboxylic acids is 1. The number of likely N-dealkylation sites (tertiary alicyclic amines) is 1. The van der Waals surface area contributed by atoms with Gasteiger partial charge in [0.05, 0.1) is 17.8 Å². The lowest BCUT2D eigenvalue weighted by molar-refractivity contribution is -0.131. The third kappa shape index (κ3) is 3.31. The van der Waals surface area contributed by atoms with Gasteiger partial charge in [0, 0.05) is 31.3 Å². The first-order chi connectivity index (χ1) is 12.6. The minimum absolute atomic E-state index is 0.0863. The van der Waals surface area contributed by atoms with Crippen molar-refractivity contribution >= 4 is 11.6 Å². The maximum atomic E-state index is 13.0. The van der Waals surface area contributed by atoms with Crippen LogP contribution < -0.4 is 0 Å². The number of nitrogens with zero attached hydrogens (tertiary/aromatic N) is 4. The number of amides is 1. The number of aromatic nitrogens is 3. The number of carbonyl (C=O) groups is 1. The van der Waals surface area contributed by atoms with E-state index in [1.54, 1.807) is 12.1 Å². The summed E-state index contributed by atoms with van der Waals surface area (Å²) in [6.07, 6.45) is 4.10. The SMILES string of the molecule is Cc1cc2nccc(C3CCCN(C(=O)Cc4ccc(F)cc4)C3)n2n1. The Morgan fingerprint density at radius 2 is 2.08 bits per heavy atom. The van der Waals surface area contributed by atoms with Gasteiger partial charge in [-0.3, -0.25) is 4.79 Å². The molecule has 0 radical (unpaired) electrons. The van der Waals surface area contributed by atoms with Crippen molar-refractivity contribution in [1.29, 1.82) is 0 Å². The summed E-state index contributed by atoms with van der Waals surface area (Å²) < 4.78 is 14.9. The number of benzene rings is 1. The Balaban J connectivity index is 1.51. The number of piperidine rings is 1. The van der Waals surface area contributed by atoms with Crippen molar-refractivity contribution in [3.8, 4) is 0 Å². The molecule has 1 unspecified atom stereocenters. The number of halogens is 1. The van der Waals surface area contributed by atoms with Crippen molar-refractivity contribution in [1.82, 2.24) is 19.5 Å². The monoisotopic (exact) mass is 352 g/mol. The lowest BCUT2D eigenvalue weighted by Crippen LogP contribution is -2.40. The lowest BCUT2D eigenvalue weighted by Gasteiger charge is -2.33. The Kier molecular flexibility index (Phi) is 4.41. The van der Waals surface area contributed by atoms with E-state index in [-0.39, 0.29) is 17.6 Å². The zero-order chi connectivity index (χ0) is 18.1. The van der Waals surface area contributed by atoms with E-state index in [1.807, 2.05) is 34.7 Å². The molecule has 134 valence electrons. The average Bonchev–Trinajstić information content (AvgIpc) is 3.04. The quantitative estimate of drug-likeness (QED) is 0.728. The molecule has 0 bridgehead atoms. The number of rotatable bonds is 3. The van der Waals surface area contributed by atoms with Crippen LogP contribution in [-0.2, 0) is 11.2 Å². The fourth-order valence-electron chi connectivity index (χ4n) is 3.67. The minimum Gasteiger partial charge on any atom is -0.342 e. The Morgan fingerprint density at radius 3 is 2.88 bits per heavy atom. The van der Waals surface area contributed by atoms with Crippen molar-refractivity contribution in [2.24, 2.45) is 0 Å². The standard InChI is InChI=1S/C20H21FN4O/c1-14-11-19-22-9-8-18(25(19)23-14)16-3-2-10-24(13-16)20(26)12-15-4-6-17(21)7-5-15/h4-9,11,16H,2-3,10,12-13H2,1H3. The third-order valence-electron chi connectivity index (χ3n) is 4.97. The maximum absolute atomic E-state index is 13.0. The summed E-state index contributed by atoms with van der Waals surface area (Å²) in [6.45, 7) is 3.40. The largest absolute Gasteiger partial charge is 0.342 e. The van der Waals surface area contributed by atoms with Crippen molar-refractivity contribution in [3.63, 3.8) is 0 Å². The Morgan fingerprint density at radius 1 is 1.27 bits per heavy atom. The predicted molar refractivity (Wildman–Crippen MR) is 96.4 cm³/mol. The summed E-state index contributed by atoms with van der Waals surface area (Å²) >= 11 is 0. The Labute approximate surface area is 151 Å². The van der Waals surface area contributed by atoms with Crippen LogP contribution in [0.5, 0.6) is 0 Å². The highest BCUT2D eigenvalue weighted by molar-refractivity contribution is 5.79. The van der Waals surface area contributed by atoms with Crippen molar-refractivity contribution in [2.45, 2.75) is 32.1 Å². The number of fused-ring (bicyclic) bond motifs is 1. The van der Waals surface area contributed by atoms with Crippen LogP contribution in [-0.4, -0.2) is 38.5 Å². The molecule has 1 saturated heterocycles. The second-order valence-corrected chi connectivity index (χ2v) is 6.91. The number of hydrogen-bond donors (Lipinski definition) is 0. The molecule has 3 heterocycles. The zero-order valence-electron chi connectivity index (χ0n) is 14.7. The van der Waals surface area contributed by atoms with Crippen LogP contribution in [0, 0.1) is 12.7 Å². The van der Waals surface area contributed by atoms with E-state index in [0.29, 0.717) is 13.0 Å². The molecular formula is C20H21FN4O. The normalized spacial score (nSPS) is 17.6. The van der Waals surface area contributed by atoms with Crippen LogP contribution in [0.2, 0.25) is 0 Å². The summed E-state index contributed by atoms with van der Waals surface area (Å²) in [5, 5.41) is 4.55. The van der Waals surface area contributed by atoms with Crippen LogP contribution in [0.1, 0.15) is 35.7 Å². The van der Waals surface area contributed by atoms with Gasteiger partial charge >= 0.3 is 0 Å². The minimum atomic E-state index is -0.282. The lowest BCUT2D eigenvalue weighted by atomic mass is 9.94. The van der Waals surface area contributed by atoms with Crippen LogP contribution >= 0.6 is 0 Å². The molecule has 1 fully saturated rings. The van der Waals surface area contributed by atoms with Crippen molar-refractivity contribution < 1.29 is 9.18 Å². The maximum Gasteiger partial charge on any atom is 0.227 e. The molecular weight excluding hydrogens is 331 g/mol. The van der Waals surface area contributed by atoms with E-state index in [1.165, 1.54) is 12.1 Å². The van der Waals surface area contributed by atoms with E-state index in [4.69, 9.17) is 0 Å². The van der Waals surface area contributed by atoms with Crippen LogP contribution in [0.25, 0.3) is 5.65 Å². The number of aryl methyl sites for hydroxylation is 1. The molecule has 1 atom stereocenters. The molecule has 4 rings (SSSR count). The molecule has 0 spiro atoms. The van der Waals surface area contributed by atoms with E-state index < -0.39 is 0 Å². The first-order valence-corrected chi connectivity index (χ1v) is 8.93. The van der Waals surface area contributed by atoms with Gasteiger partial charge in [0.1, 0.15) is 5.82 Å². The summed E-state index contributed by atoms with van der Waals surface area (Å²) in [5.41, 5.74) is 3.72. The molecule has 1 aromatic carbocycles. The molecule has 6 heteroatoms. The second kappa shape index (κ2) is 6.86. The van der Waals surface area contributed by atoms with Gasteiger partial charge in [-0.05, 0) is 43.5 Å². The third-order valence-corrected chi connectivity index (χ3v) is 4.97. The smallest absolute Gasteiger partial charge is 0.227 e. The second-order valence-electron chi connectivity index (χ2n) is 6.91. The van der Waals surface area contributed by atoms with Crippen LogP contribution in [0.15, 0.2) is 42.6 Å². The summed E-state index contributed by atoms with van der Waals surface area (Å²) in [6, 6.07) is 10.1. The fraction of sp³-hybridized carbons (Fsp3) is 0.350. The van der Waals surface area contributed by atoms with Gasteiger partial charge in [-0.2, -0.15) is 5.10 Å². The molecule has 3 aromatic rings. The van der Waals surface area contributed by atoms with Gasteiger partial charge in [-0.1, -0.05) is 12.1 Å². The Bertz CT molecular complexity index is 935. The van der Waals surface area contributed by atoms with Crippen molar-refractivity contribution in [3.05, 3.63) is 65.4 Å². The van der Waals surface area contributed by atoms with Crippen LogP contribution in [0.3, 0.4) is 0 Å². The Hall–Kier alpha value is -2.76. The molecule has 5 nitrogen and oxygen atoms in total. The van der Waals surface area contributed by atoms with E-state index in [2.05, 4.69) is 10.1 Å². The summed E-state index contributed by atoms with van der Waals surface area (Å²) in [5.74, 6) is 0.0458. The molecule has 1 amide bonds. The summed E-state index contributed by atoms with van der Waals surface area (Å²) in [7, 11) is 0. The molecule has 0 saturated carbocycles. The van der Waals surface area contributed by atoms with E-state index in [9.17, 15) is 9.18 Å². The van der Waals surface area contributed by atoms with E-state index >= 15 is 0 Å². The topological polar surface area (TPSA) is 50.5 Å². The zero-order valence-corrected chi connectivity index (χ0v) is 14.7. The highest BCUT2D eigenvalue weighted by Gasteiger charge is 2.26. The van der Waals surface area contributed by atoms with Gasteiger partial charge in [-0.15, -0.1) is 0 Å². The summed E-state index contributed by atoms with van der Waals surface area (Å²) in [4.78, 5) is 19.0. The number of hydrogen-bond acceptors (Lipinski definition) is 3. The van der Waals surface area contributed by atoms with Gasteiger partial charge < -0.3 is 4.90 Å². The molecule has 0 N–H and O–H groups in total. The molecule has 2 aromatic heterocycles. The van der Waals surface area contributed by atoms with Crippen molar-refractivity contribution in [2.75, 3.05) is 13.1 Å². The van der Waals surface area contributed by atoms with Gasteiger partial charge in [0.25, 0.3) is 0 Å². The first-order valence-electron chi connectivity index (χ1n) is 8.93. The molecule has 26 heavy (non-hydrogen) atoms. The molecule has 1 aliphatic rings. The average molecular weight is 352 g/mol. The fourth-order valence-corrected chi connectivity index (χ4v) is 3.67. The van der Waals surface area contributed by atoms with Gasteiger partial charge in [0.15, 0.2) is 5.65 Å². The molecule has 0 aliphatic carbocycles. The highest BCUT2D eigenvalue weighted by atomic mass is 19.1. The van der Waals surface area contributed by atoms with Gasteiger partial charge in [0.2, 0.25) is 5.91 Å². The predicted octanol–water partition coefficient (Wildman–Crippen LogP) is 3.13. The highest BCUT2D eigenvalue weighted by Crippen LogP contribution is 2.27. The van der Waals surface area contributed by atoms with Gasteiger partial charge in [-0.25, -0.2) is 13.9 Å². The molecule has 1 aliphatic heterocycles. The van der Waals surface area contributed by atoms with E-state index in [0.717, 1.165) is 42.0 Å².